The van der Waals surface area contributed by atoms with Crippen LogP contribution in [0.15, 0.2) is 79.1 Å². The molecule has 5 heteroatoms. The molecule has 0 saturated heterocycles. The molecule has 24 heavy (non-hydrogen) atoms. The lowest BCUT2D eigenvalue weighted by Gasteiger charge is -2.19. The van der Waals surface area contributed by atoms with Crippen LogP contribution in [0.2, 0.25) is 0 Å². The molecular formula is C19H19N3O2. The zero-order chi connectivity index (χ0) is 16.8. The first-order valence-electron chi connectivity index (χ1n) is 7.80. The van der Waals surface area contributed by atoms with Crippen LogP contribution >= 0.6 is 0 Å². The minimum Gasteiger partial charge on any atom is -0.387 e. The van der Waals surface area contributed by atoms with Gasteiger partial charge >= 0.3 is 0 Å². The second-order valence-corrected chi connectivity index (χ2v) is 5.47. The molecule has 0 bridgehead atoms. The lowest BCUT2D eigenvalue weighted by Crippen LogP contribution is -2.36. The summed E-state index contributed by atoms with van der Waals surface area (Å²) in [5, 5.41) is 17.2. The van der Waals surface area contributed by atoms with Gasteiger partial charge < -0.3 is 10.4 Å². The Morgan fingerprint density at radius 1 is 1.00 bits per heavy atom. The number of aliphatic hydroxyl groups is 1. The lowest BCUT2D eigenvalue weighted by molar-refractivity contribution is -0.123. The molecule has 122 valence electrons. The van der Waals surface area contributed by atoms with Gasteiger partial charge in [-0.2, -0.15) is 5.10 Å². The van der Waals surface area contributed by atoms with Gasteiger partial charge in [-0.25, -0.2) is 0 Å². The van der Waals surface area contributed by atoms with Gasteiger partial charge in [0.2, 0.25) is 5.91 Å². The van der Waals surface area contributed by atoms with Crippen molar-refractivity contribution in [2.24, 2.45) is 0 Å². The van der Waals surface area contributed by atoms with Gasteiger partial charge in [0, 0.05) is 18.9 Å². The van der Waals surface area contributed by atoms with Crippen LogP contribution in [0.25, 0.3) is 0 Å². The molecule has 0 fully saturated rings. The fourth-order valence-electron chi connectivity index (χ4n) is 2.58. The molecule has 0 aliphatic rings. The Bertz CT molecular complexity index is 758. The maximum Gasteiger partial charge on any atom is 0.249 e. The number of hydrogen-bond acceptors (Lipinski definition) is 3. The van der Waals surface area contributed by atoms with Crippen LogP contribution in [0, 0.1) is 0 Å². The van der Waals surface area contributed by atoms with E-state index in [9.17, 15) is 9.90 Å². The molecule has 0 aliphatic heterocycles. The van der Waals surface area contributed by atoms with Crippen molar-refractivity contribution in [3.63, 3.8) is 0 Å². The van der Waals surface area contributed by atoms with Gasteiger partial charge in [0.05, 0.1) is 6.10 Å². The third-order valence-corrected chi connectivity index (χ3v) is 3.81. The van der Waals surface area contributed by atoms with E-state index < -0.39 is 12.1 Å². The van der Waals surface area contributed by atoms with E-state index in [0.717, 1.165) is 11.1 Å². The van der Waals surface area contributed by atoms with Gasteiger partial charge in [-0.3, -0.25) is 9.48 Å². The van der Waals surface area contributed by atoms with Crippen molar-refractivity contribution in [1.29, 1.82) is 0 Å². The minimum absolute atomic E-state index is 0.146. The molecule has 3 rings (SSSR count). The number of carbonyl (C=O) groups excluding carboxylic acids is 1. The van der Waals surface area contributed by atoms with Gasteiger partial charge in [0.1, 0.15) is 0 Å². The van der Waals surface area contributed by atoms with Crippen molar-refractivity contribution < 1.29 is 9.90 Å². The SMILES string of the molecule is O=C(NCC(O)c1ccccc1)C(c1ccccc1)n1cccn1. The first-order valence-corrected chi connectivity index (χ1v) is 7.80. The number of nitrogens with zero attached hydrogens (tertiary/aromatic N) is 2. The molecule has 1 aromatic heterocycles. The molecule has 2 unspecified atom stereocenters. The first kappa shape index (κ1) is 16.0. The van der Waals surface area contributed by atoms with E-state index in [4.69, 9.17) is 0 Å². The summed E-state index contributed by atoms with van der Waals surface area (Å²) in [6.07, 6.45) is 2.65. The van der Waals surface area contributed by atoms with Crippen LogP contribution in [-0.4, -0.2) is 27.3 Å². The summed E-state index contributed by atoms with van der Waals surface area (Å²) in [4.78, 5) is 12.7. The van der Waals surface area contributed by atoms with Crippen LogP contribution in [0.1, 0.15) is 23.3 Å². The van der Waals surface area contributed by atoms with Gasteiger partial charge in [-0.1, -0.05) is 60.7 Å². The number of hydrogen-bond donors (Lipinski definition) is 2. The fourth-order valence-corrected chi connectivity index (χ4v) is 2.58. The second-order valence-electron chi connectivity index (χ2n) is 5.47. The molecular weight excluding hydrogens is 302 g/mol. The Hall–Kier alpha value is -2.92. The minimum atomic E-state index is -0.746. The standard InChI is InChI=1S/C19H19N3O2/c23-17(15-8-3-1-4-9-15)14-20-19(24)18(22-13-7-12-21-22)16-10-5-2-6-11-16/h1-13,17-18,23H,14H2,(H,20,24). The molecule has 5 nitrogen and oxygen atoms in total. The maximum atomic E-state index is 12.7. The number of amides is 1. The smallest absolute Gasteiger partial charge is 0.249 e. The van der Waals surface area contributed by atoms with E-state index in [1.54, 1.807) is 23.1 Å². The average Bonchev–Trinajstić information content (AvgIpc) is 3.15. The Balaban J connectivity index is 1.73. The van der Waals surface area contributed by atoms with E-state index >= 15 is 0 Å². The number of rotatable bonds is 6. The van der Waals surface area contributed by atoms with Crippen LogP contribution in [0.4, 0.5) is 0 Å². The van der Waals surface area contributed by atoms with Crippen LogP contribution in [0.5, 0.6) is 0 Å². The van der Waals surface area contributed by atoms with E-state index in [2.05, 4.69) is 10.4 Å². The van der Waals surface area contributed by atoms with E-state index in [1.807, 2.05) is 60.7 Å². The highest BCUT2D eigenvalue weighted by Crippen LogP contribution is 2.18. The summed E-state index contributed by atoms with van der Waals surface area (Å²) in [5.41, 5.74) is 1.61. The largest absolute Gasteiger partial charge is 0.387 e. The van der Waals surface area contributed by atoms with Crippen LogP contribution in [-0.2, 0) is 4.79 Å². The highest BCUT2D eigenvalue weighted by molar-refractivity contribution is 5.83. The van der Waals surface area contributed by atoms with Crippen molar-refractivity contribution in [2.45, 2.75) is 12.1 Å². The third kappa shape index (κ3) is 3.70. The average molecular weight is 321 g/mol. The van der Waals surface area contributed by atoms with E-state index in [0.29, 0.717) is 0 Å². The van der Waals surface area contributed by atoms with Gasteiger partial charge in [-0.05, 0) is 17.2 Å². The summed E-state index contributed by atoms with van der Waals surface area (Å²) >= 11 is 0. The van der Waals surface area contributed by atoms with Crippen molar-refractivity contribution in [3.8, 4) is 0 Å². The summed E-state index contributed by atoms with van der Waals surface area (Å²) in [6, 6.07) is 19.9. The number of carbonyl (C=O) groups is 1. The lowest BCUT2D eigenvalue weighted by atomic mass is 10.1. The van der Waals surface area contributed by atoms with Crippen molar-refractivity contribution in [1.82, 2.24) is 15.1 Å². The van der Waals surface area contributed by atoms with Crippen LogP contribution < -0.4 is 5.32 Å². The number of nitrogens with one attached hydrogen (secondary N) is 1. The number of aliphatic hydroxyl groups excluding tert-OH is 1. The molecule has 1 heterocycles. The highest BCUT2D eigenvalue weighted by atomic mass is 16.3. The normalized spacial score (nSPS) is 13.2. The zero-order valence-electron chi connectivity index (χ0n) is 13.1. The summed E-state index contributed by atoms with van der Waals surface area (Å²) in [7, 11) is 0. The molecule has 0 saturated carbocycles. The molecule has 0 aliphatic carbocycles. The third-order valence-electron chi connectivity index (χ3n) is 3.81. The monoisotopic (exact) mass is 321 g/mol. The number of aromatic nitrogens is 2. The van der Waals surface area contributed by atoms with Crippen molar-refractivity contribution >= 4 is 5.91 Å². The molecule has 2 N–H and O–H groups in total. The molecule has 2 aromatic carbocycles. The van der Waals surface area contributed by atoms with Gasteiger partial charge in [0.25, 0.3) is 0 Å². The molecule has 1 amide bonds. The second kappa shape index (κ2) is 7.57. The summed E-state index contributed by atoms with van der Waals surface area (Å²) < 4.78 is 1.61. The molecule has 0 spiro atoms. The topological polar surface area (TPSA) is 67.2 Å². The Morgan fingerprint density at radius 3 is 2.21 bits per heavy atom. The highest BCUT2D eigenvalue weighted by Gasteiger charge is 2.23. The number of benzene rings is 2. The Kier molecular flexibility index (Phi) is 5.03. The van der Waals surface area contributed by atoms with Crippen molar-refractivity contribution in [3.05, 3.63) is 90.3 Å². The predicted molar refractivity (Wildman–Crippen MR) is 91.2 cm³/mol. The van der Waals surface area contributed by atoms with E-state index in [-0.39, 0.29) is 12.5 Å². The van der Waals surface area contributed by atoms with E-state index in [1.165, 1.54) is 0 Å². The first-order chi connectivity index (χ1) is 11.8. The van der Waals surface area contributed by atoms with Crippen molar-refractivity contribution in [2.75, 3.05) is 6.54 Å². The maximum absolute atomic E-state index is 12.7. The summed E-state index contributed by atoms with van der Waals surface area (Å²) in [6.45, 7) is 0.146. The quantitative estimate of drug-likeness (QED) is 0.732. The Labute approximate surface area is 140 Å². The predicted octanol–water partition coefficient (Wildman–Crippen LogP) is 2.32. The van der Waals surface area contributed by atoms with Gasteiger partial charge in [-0.15, -0.1) is 0 Å². The van der Waals surface area contributed by atoms with Crippen LogP contribution in [0.3, 0.4) is 0 Å². The summed E-state index contributed by atoms with van der Waals surface area (Å²) in [5.74, 6) is -0.208. The molecule has 3 aromatic rings. The Morgan fingerprint density at radius 2 is 1.62 bits per heavy atom. The fraction of sp³-hybridized carbons (Fsp3) is 0.158. The zero-order valence-corrected chi connectivity index (χ0v) is 13.1. The molecule has 0 radical (unpaired) electrons. The van der Waals surface area contributed by atoms with Gasteiger partial charge in [0.15, 0.2) is 6.04 Å². The molecule has 2 atom stereocenters.